The number of carbonyl (C=O) groups excluding carboxylic acids is 1. The van der Waals surface area contributed by atoms with Gasteiger partial charge in [-0.25, -0.2) is 13.4 Å². The zero-order valence-electron chi connectivity index (χ0n) is 14.8. The van der Waals surface area contributed by atoms with E-state index in [1.165, 1.54) is 4.31 Å². The van der Waals surface area contributed by atoms with Crippen LogP contribution in [0.2, 0.25) is 0 Å². The summed E-state index contributed by atoms with van der Waals surface area (Å²) in [4.78, 5) is 19.6. The maximum atomic E-state index is 12.7. The normalized spacial score (nSPS) is 22.5. The van der Waals surface area contributed by atoms with Gasteiger partial charge in [-0.15, -0.1) is 0 Å². The van der Waals surface area contributed by atoms with Gasteiger partial charge in [0.2, 0.25) is 15.9 Å². The zero-order valence-corrected chi connectivity index (χ0v) is 15.6. The van der Waals surface area contributed by atoms with Crippen molar-refractivity contribution >= 4 is 21.7 Å². The van der Waals surface area contributed by atoms with Gasteiger partial charge in [-0.05, 0) is 18.9 Å². The van der Waals surface area contributed by atoms with Gasteiger partial charge in [0.15, 0.2) is 0 Å². The number of nitrogens with zero attached hydrogens (tertiary/aromatic N) is 3. The number of ether oxygens (including phenoxy) is 1. The molecule has 8 nitrogen and oxygen atoms in total. The standard InChI is InChI=1S/C17H24N4O4S/c22-17(14-1-2-14)20-7-5-19(6-8-20)16-4-3-15(13-18-16)26(23,24)21-9-11-25-12-10-21/h3-4,13-14H,1-2,5-12H2/p+1. The van der Waals surface area contributed by atoms with Gasteiger partial charge >= 0.3 is 0 Å². The average molecular weight is 381 g/mol. The van der Waals surface area contributed by atoms with Crippen molar-refractivity contribution in [3.05, 3.63) is 18.3 Å². The lowest BCUT2D eigenvalue weighted by molar-refractivity contribution is -0.367. The fourth-order valence-corrected chi connectivity index (χ4v) is 4.83. The number of aromatic amines is 1. The van der Waals surface area contributed by atoms with Crippen molar-refractivity contribution in [2.45, 2.75) is 17.7 Å². The molecule has 3 fully saturated rings. The second kappa shape index (κ2) is 7.13. The molecule has 0 unspecified atom stereocenters. The minimum atomic E-state index is -3.48. The molecule has 26 heavy (non-hydrogen) atoms. The molecule has 1 aromatic heterocycles. The SMILES string of the molecule is O=C(C1CC1)N1CCN(c2ccc(S(=O)(=O)N3CCOCC3)c[nH+]2)CC1. The molecule has 1 saturated carbocycles. The summed E-state index contributed by atoms with van der Waals surface area (Å²) in [5, 5.41) is 0. The molecule has 1 aliphatic carbocycles. The summed E-state index contributed by atoms with van der Waals surface area (Å²) in [6.45, 7) is 4.60. The van der Waals surface area contributed by atoms with E-state index in [4.69, 9.17) is 4.74 Å². The van der Waals surface area contributed by atoms with Gasteiger partial charge in [-0.3, -0.25) is 9.69 Å². The molecule has 9 heteroatoms. The monoisotopic (exact) mass is 381 g/mol. The number of sulfonamides is 1. The van der Waals surface area contributed by atoms with Gasteiger partial charge < -0.3 is 9.64 Å². The third-order valence-electron chi connectivity index (χ3n) is 5.23. The highest BCUT2D eigenvalue weighted by atomic mass is 32.2. The predicted molar refractivity (Wildman–Crippen MR) is 94.1 cm³/mol. The smallest absolute Gasteiger partial charge is 0.274 e. The number of aromatic nitrogens is 1. The van der Waals surface area contributed by atoms with E-state index < -0.39 is 10.0 Å². The highest BCUT2D eigenvalue weighted by Crippen LogP contribution is 2.31. The van der Waals surface area contributed by atoms with Gasteiger partial charge in [-0.1, -0.05) is 0 Å². The molecular weight excluding hydrogens is 356 g/mol. The maximum absolute atomic E-state index is 12.7. The van der Waals surface area contributed by atoms with E-state index in [0.717, 1.165) is 44.8 Å². The number of hydrogen-bond donors (Lipinski definition) is 0. The molecule has 1 amide bonds. The first-order chi connectivity index (χ1) is 12.6. The Labute approximate surface area is 153 Å². The van der Waals surface area contributed by atoms with Crippen LogP contribution < -0.4 is 9.88 Å². The van der Waals surface area contributed by atoms with Crippen molar-refractivity contribution in [2.75, 3.05) is 57.4 Å². The molecule has 142 valence electrons. The third kappa shape index (κ3) is 3.56. The lowest BCUT2D eigenvalue weighted by Gasteiger charge is -2.31. The number of amides is 1. The Bertz CT molecular complexity index is 749. The van der Waals surface area contributed by atoms with E-state index in [2.05, 4.69) is 9.88 Å². The maximum Gasteiger partial charge on any atom is 0.274 e. The van der Waals surface area contributed by atoms with E-state index in [1.807, 2.05) is 11.0 Å². The van der Waals surface area contributed by atoms with Crippen LogP contribution in [0.5, 0.6) is 0 Å². The second-order valence-corrected chi connectivity index (χ2v) is 8.95. The molecule has 1 aromatic rings. The summed E-state index contributed by atoms with van der Waals surface area (Å²) >= 11 is 0. The lowest BCUT2D eigenvalue weighted by atomic mass is 10.2. The molecule has 3 aliphatic rings. The van der Waals surface area contributed by atoms with Crippen molar-refractivity contribution in [3.8, 4) is 0 Å². The average Bonchev–Trinajstić information content (AvgIpc) is 3.54. The van der Waals surface area contributed by atoms with Gasteiger partial charge in [0.05, 0.1) is 26.3 Å². The summed E-state index contributed by atoms with van der Waals surface area (Å²) in [6.07, 6.45) is 3.62. The second-order valence-electron chi connectivity index (χ2n) is 7.01. The number of nitrogens with one attached hydrogen (secondary N) is 1. The lowest BCUT2D eigenvalue weighted by Crippen LogP contribution is -2.50. The Balaban J connectivity index is 1.39. The van der Waals surface area contributed by atoms with Crippen molar-refractivity contribution in [2.24, 2.45) is 5.92 Å². The zero-order chi connectivity index (χ0) is 18.1. The Morgan fingerprint density at radius 1 is 1.04 bits per heavy atom. The van der Waals surface area contributed by atoms with Crippen LogP contribution in [0.4, 0.5) is 5.82 Å². The number of H-pyrrole nitrogens is 1. The Hall–Kier alpha value is -1.71. The van der Waals surface area contributed by atoms with Crippen molar-refractivity contribution in [1.82, 2.24) is 9.21 Å². The number of morpholine rings is 1. The van der Waals surface area contributed by atoms with Crippen LogP contribution in [-0.4, -0.2) is 76.0 Å². The quantitative estimate of drug-likeness (QED) is 0.707. The minimum absolute atomic E-state index is 0.262. The van der Waals surface area contributed by atoms with E-state index >= 15 is 0 Å². The molecule has 3 heterocycles. The van der Waals surface area contributed by atoms with Gasteiger partial charge in [0.1, 0.15) is 24.2 Å². The molecule has 0 atom stereocenters. The number of pyridine rings is 1. The highest BCUT2D eigenvalue weighted by molar-refractivity contribution is 7.89. The summed E-state index contributed by atoms with van der Waals surface area (Å²) < 4.78 is 32.0. The Morgan fingerprint density at radius 2 is 1.73 bits per heavy atom. The van der Waals surface area contributed by atoms with Crippen LogP contribution in [0.3, 0.4) is 0 Å². The summed E-state index contributed by atoms with van der Waals surface area (Å²) in [7, 11) is -3.48. The predicted octanol–water partition coefficient (Wildman–Crippen LogP) is -0.420. The third-order valence-corrected chi connectivity index (χ3v) is 7.13. The van der Waals surface area contributed by atoms with Crippen LogP contribution in [-0.2, 0) is 19.6 Å². The largest absolute Gasteiger partial charge is 0.379 e. The van der Waals surface area contributed by atoms with Crippen LogP contribution in [0.1, 0.15) is 12.8 Å². The van der Waals surface area contributed by atoms with Gasteiger partial charge in [0.25, 0.3) is 5.82 Å². The molecule has 0 bridgehead atoms. The number of piperazine rings is 1. The highest BCUT2D eigenvalue weighted by Gasteiger charge is 2.36. The van der Waals surface area contributed by atoms with Gasteiger partial charge in [-0.2, -0.15) is 4.31 Å². The Kier molecular flexibility index (Phi) is 4.85. The molecule has 2 saturated heterocycles. The summed E-state index contributed by atoms with van der Waals surface area (Å²) in [6, 6.07) is 3.46. The Morgan fingerprint density at radius 3 is 2.31 bits per heavy atom. The topological polar surface area (TPSA) is 84.3 Å². The van der Waals surface area contributed by atoms with E-state index in [0.29, 0.717) is 32.2 Å². The number of anilines is 1. The molecular formula is C17H25N4O4S+. The van der Waals surface area contributed by atoms with Crippen molar-refractivity contribution in [1.29, 1.82) is 0 Å². The van der Waals surface area contributed by atoms with Crippen LogP contribution in [0.25, 0.3) is 0 Å². The minimum Gasteiger partial charge on any atom is -0.379 e. The fraction of sp³-hybridized carbons (Fsp3) is 0.647. The molecule has 0 radical (unpaired) electrons. The molecule has 2 aliphatic heterocycles. The number of carbonyl (C=O) groups is 1. The van der Waals surface area contributed by atoms with Crippen molar-refractivity contribution in [3.63, 3.8) is 0 Å². The van der Waals surface area contributed by atoms with Gasteiger partial charge in [0, 0.05) is 25.1 Å². The first-order valence-electron chi connectivity index (χ1n) is 9.19. The van der Waals surface area contributed by atoms with Crippen LogP contribution >= 0.6 is 0 Å². The van der Waals surface area contributed by atoms with E-state index in [9.17, 15) is 13.2 Å². The summed E-state index contributed by atoms with van der Waals surface area (Å²) in [5.74, 6) is 1.43. The van der Waals surface area contributed by atoms with Crippen LogP contribution in [0.15, 0.2) is 23.2 Å². The molecule has 4 rings (SSSR count). The number of rotatable bonds is 4. The van der Waals surface area contributed by atoms with Crippen molar-refractivity contribution < 1.29 is 22.9 Å². The molecule has 1 N–H and O–H groups in total. The van der Waals surface area contributed by atoms with E-state index in [1.54, 1.807) is 12.3 Å². The molecule has 0 spiro atoms. The first-order valence-corrected chi connectivity index (χ1v) is 10.6. The summed E-state index contributed by atoms with van der Waals surface area (Å²) in [5.41, 5.74) is 0. The fourth-order valence-electron chi connectivity index (χ4n) is 3.45. The van der Waals surface area contributed by atoms with E-state index in [-0.39, 0.29) is 10.8 Å². The van der Waals surface area contributed by atoms with Crippen LogP contribution in [0, 0.1) is 5.92 Å². The number of hydrogen-bond acceptors (Lipinski definition) is 5. The molecule has 0 aromatic carbocycles. The first kappa shape index (κ1) is 17.7.